The summed E-state index contributed by atoms with van der Waals surface area (Å²) in [6.45, 7) is 5.75. The van der Waals surface area contributed by atoms with Crippen molar-refractivity contribution < 1.29 is 9.53 Å². The van der Waals surface area contributed by atoms with Gasteiger partial charge in [0, 0.05) is 20.0 Å². The van der Waals surface area contributed by atoms with E-state index in [4.69, 9.17) is 4.74 Å². The van der Waals surface area contributed by atoms with Gasteiger partial charge in [-0.2, -0.15) is 10.9 Å². The van der Waals surface area contributed by atoms with E-state index >= 15 is 0 Å². The van der Waals surface area contributed by atoms with Crippen LogP contribution in [-0.4, -0.2) is 50.1 Å². The van der Waals surface area contributed by atoms with Crippen molar-refractivity contribution in [1.29, 1.82) is 0 Å². The van der Waals surface area contributed by atoms with Gasteiger partial charge in [0.25, 0.3) is 0 Å². The van der Waals surface area contributed by atoms with Crippen LogP contribution < -0.4 is 0 Å². The average molecular weight is 259 g/mol. The lowest BCUT2D eigenvalue weighted by Gasteiger charge is -2.17. The summed E-state index contributed by atoms with van der Waals surface area (Å²) >= 11 is 0. The van der Waals surface area contributed by atoms with Gasteiger partial charge in [0.15, 0.2) is 0 Å². The molecule has 0 bridgehead atoms. The Kier molecular flexibility index (Phi) is 9.01. The Morgan fingerprint density at radius 2 is 2.06 bits per heavy atom. The minimum Gasteiger partial charge on any atom is -0.367 e. The number of rotatable bonds is 6. The highest BCUT2D eigenvalue weighted by molar-refractivity contribution is 8.20. The third-order valence-electron chi connectivity index (χ3n) is 2.06. The molecule has 0 spiro atoms. The molecule has 0 atom stereocenters. The third-order valence-corrected chi connectivity index (χ3v) is 2.66. The Hall–Kier alpha value is -0.660. The normalized spacial score (nSPS) is 10.8. The Morgan fingerprint density at radius 3 is 2.59 bits per heavy atom. The molecule has 0 aliphatic heterocycles. The summed E-state index contributed by atoms with van der Waals surface area (Å²) < 4.78 is 5.35. The van der Waals surface area contributed by atoms with Crippen molar-refractivity contribution in [2.45, 2.75) is 20.3 Å². The second kappa shape index (κ2) is 9.38. The molecule has 0 aromatic heterocycles. The lowest BCUT2D eigenvalue weighted by atomic mass is 10.1. The zero-order valence-electron chi connectivity index (χ0n) is 11.6. The summed E-state index contributed by atoms with van der Waals surface area (Å²) in [6, 6.07) is 0. The van der Waals surface area contributed by atoms with E-state index in [1.165, 1.54) is 0 Å². The van der Waals surface area contributed by atoms with Crippen LogP contribution in [0.25, 0.3) is 0 Å². The lowest BCUT2D eigenvalue weighted by molar-refractivity contribution is -0.131. The molecule has 0 fully saturated rings. The highest BCUT2D eigenvalue weighted by atomic mass is 32.2. The Labute approximate surface area is 108 Å². The van der Waals surface area contributed by atoms with E-state index in [9.17, 15) is 4.79 Å². The van der Waals surface area contributed by atoms with Gasteiger partial charge in [-0.25, -0.2) is 0 Å². The number of hydrogen-bond acceptors (Lipinski definition) is 2. The van der Waals surface area contributed by atoms with E-state index in [-0.39, 0.29) is 16.8 Å². The summed E-state index contributed by atoms with van der Waals surface area (Å²) in [5, 5.41) is 3.09. The van der Waals surface area contributed by atoms with Crippen LogP contribution in [-0.2, 0) is 9.53 Å². The maximum absolute atomic E-state index is 11.6. The molecular formula is C13H25NO2S. The molecule has 0 aliphatic carbocycles. The number of carbonyl (C=O) groups excluding carboxylic acids is 1. The molecule has 0 saturated carbocycles. The first kappa shape index (κ1) is 16.3. The van der Waals surface area contributed by atoms with Gasteiger partial charge in [-0.05, 0) is 18.4 Å². The molecule has 0 heterocycles. The van der Waals surface area contributed by atoms with Gasteiger partial charge in [-0.1, -0.05) is 25.0 Å². The first-order valence-electron chi connectivity index (χ1n) is 5.91. The van der Waals surface area contributed by atoms with Gasteiger partial charge in [0.05, 0.1) is 6.61 Å². The third kappa shape index (κ3) is 10.2. The van der Waals surface area contributed by atoms with Crippen LogP contribution in [0.5, 0.6) is 0 Å². The molecule has 0 unspecified atom stereocenters. The Balaban J connectivity index is 3.62. The fourth-order valence-electron chi connectivity index (χ4n) is 1.14. The van der Waals surface area contributed by atoms with Crippen molar-refractivity contribution in [1.82, 2.24) is 4.90 Å². The lowest BCUT2D eigenvalue weighted by Crippen LogP contribution is -2.30. The minimum atomic E-state index is -0.160. The van der Waals surface area contributed by atoms with Gasteiger partial charge in [0.2, 0.25) is 5.91 Å². The van der Waals surface area contributed by atoms with Crippen molar-refractivity contribution in [3.63, 3.8) is 0 Å². The fraction of sp³-hybridized carbons (Fsp3) is 0.769. The second-order valence-electron chi connectivity index (χ2n) is 4.65. The highest BCUT2D eigenvalue weighted by Gasteiger charge is 2.09. The Bertz CT molecular complexity index is 279. The first-order chi connectivity index (χ1) is 7.93. The number of amides is 1. The maximum Gasteiger partial charge on any atom is 0.222 e. The zero-order valence-corrected chi connectivity index (χ0v) is 12.5. The molecule has 3 nitrogen and oxygen atoms in total. The van der Waals surface area contributed by atoms with Crippen molar-refractivity contribution >= 4 is 16.8 Å². The van der Waals surface area contributed by atoms with E-state index in [1.54, 1.807) is 4.90 Å². The van der Waals surface area contributed by atoms with E-state index in [2.05, 4.69) is 23.7 Å². The molecule has 0 radical (unpaired) electrons. The predicted molar refractivity (Wildman–Crippen MR) is 76.5 cm³/mol. The minimum absolute atomic E-state index is 0.160. The number of carbonyl (C=O) groups is 1. The topological polar surface area (TPSA) is 29.5 Å². The SMILES string of the molecule is CC(C)CC(=O)N(C)CCOCC#C[SH](C)C. The number of ether oxygens (including phenoxy) is 1. The smallest absolute Gasteiger partial charge is 0.222 e. The molecule has 0 aliphatic rings. The van der Waals surface area contributed by atoms with Crippen LogP contribution in [0, 0.1) is 17.1 Å². The van der Waals surface area contributed by atoms with Crippen molar-refractivity contribution in [2.24, 2.45) is 5.92 Å². The van der Waals surface area contributed by atoms with Crippen LogP contribution >= 0.6 is 10.9 Å². The van der Waals surface area contributed by atoms with Crippen LogP contribution in [0.1, 0.15) is 20.3 Å². The van der Waals surface area contributed by atoms with Crippen LogP contribution in [0.15, 0.2) is 0 Å². The van der Waals surface area contributed by atoms with Gasteiger partial charge >= 0.3 is 0 Å². The molecule has 0 aromatic rings. The number of hydrogen-bond donors (Lipinski definition) is 1. The van der Waals surface area contributed by atoms with E-state index < -0.39 is 0 Å². The van der Waals surface area contributed by atoms with Gasteiger partial charge in [-0.3, -0.25) is 4.79 Å². The van der Waals surface area contributed by atoms with Gasteiger partial charge in [-0.15, -0.1) is 0 Å². The fourth-order valence-corrected chi connectivity index (χ4v) is 1.53. The van der Waals surface area contributed by atoms with E-state index in [1.807, 2.05) is 20.9 Å². The summed E-state index contributed by atoms with van der Waals surface area (Å²) in [4.78, 5) is 13.3. The standard InChI is InChI=1S/C13H25NO2S/c1-12(2)11-13(15)14(3)7-9-16-8-6-10-17(4)5/h12,17H,7-9,11H2,1-5H3. The number of thiol groups is 1. The molecule has 0 aromatic carbocycles. The first-order valence-corrected chi connectivity index (χ1v) is 8.14. The molecule has 100 valence electrons. The second-order valence-corrected chi connectivity index (χ2v) is 6.66. The van der Waals surface area contributed by atoms with Crippen LogP contribution in [0.3, 0.4) is 0 Å². The summed E-state index contributed by atoms with van der Waals surface area (Å²) in [6.07, 6.45) is 4.83. The molecule has 0 saturated heterocycles. The predicted octanol–water partition coefficient (Wildman–Crippen LogP) is 1.73. The average Bonchev–Trinajstić information content (AvgIpc) is 2.21. The van der Waals surface area contributed by atoms with E-state index in [0.29, 0.717) is 32.1 Å². The van der Waals surface area contributed by atoms with Crippen LogP contribution in [0.2, 0.25) is 0 Å². The van der Waals surface area contributed by atoms with Crippen molar-refractivity contribution in [3.8, 4) is 11.2 Å². The van der Waals surface area contributed by atoms with Gasteiger partial charge in [0.1, 0.15) is 6.61 Å². The molecule has 1 amide bonds. The number of likely N-dealkylation sites (N-methyl/N-ethyl adjacent to an activating group) is 1. The molecule has 17 heavy (non-hydrogen) atoms. The number of nitrogens with zero attached hydrogens (tertiary/aromatic N) is 1. The molecule has 0 rings (SSSR count). The molecule has 0 N–H and O–H groups in total. The monoisotopic (exact) mass is 259 g/mol. The van der Waals surface area contributed by atoms with E-state index in [0.717, 1.165) is 0 Å². The summed E-state index contributed by atoms with van der Waals surface area (Å²) in [7, 11) is 1.66. The largest absolute Gasteiger partial charge is 0.367 e. The quantitative estimate of drug-likeness (QED) is 0.447. The molecular weight excluding hydrogens is 234 g/mol. The van der Waals surface area contributed by atoms with Crippen molar-refractivity contribution in [2.75, 3.05) is 39.3 Å². The van der Waals surface area contributed by atoms with Gasteiger partial charge < -0.3 is 9.64 Å². The molecule has 4 heteroatoms. The maximum atomic E-state index is 11.6. The highest BCUT2D eigenvalue weighted by Crippen LogP contribution is 2.08. The van der Waals surface area contributed by atoms with Crippen molar-refractivity contribution in [3.05, 3.63) is 0 Å². The summed E-state index contributed by atoms with van der Waals surface area (Å²) in [5.74, 6) is 3.56. The van der Waals surface area contributed by atoms with Crippen LogP contribution in [0.4, 0.5) is 0 Å². The summed E-state index contributed by atoms with van der Waals surface area (Å²) in [5.41, 5.74) is 0. The zero-order chi connectivity index (χ0) is 13.3. The Morgan fingerprint density at radius 1 is 1.41 bits per heavy atom.